The van der Waals surface area contributed by atoms with Gasteiger partial charge < -0.3 is 5.32 Å². The maximum atomic E-state index is 3.33. The molecule has 1 aliphatic rings. The summed E-state index contributed by atoms with van der Waals surface area (Å²) in [6, 6.07) is 0.477. The van der Waals surface area contributed by atoms with Crippen LogP contribution >= 0.6 is 0 Å². The Morgan fingerprint density at radius 3 is 2.78 bits per heavy atom. The molecule has 1 N–H and O–H groups in total. The highest BCUT2D eigenvalue weighted by atomic mass is 14.9. The molecule has 1 aliphatic heterocycles. The predicted octanol–water partition coefficient (Wildman–Crippen LogP) is 1.01. The van der Waals surface area contributed by atoms with Crippen LogP contribution in [-0.4, -0.2) is 12.6 Å². The molecule has 0 radical (unpaired) electrons. The summed E-state index contributed by atoms with van der Waals surface area (Å²) >= 11 is 0. The van der Waals surface area contributed by atoms with Gasteiger partial charge in [0.05, 0.1) is 6.04 Å². The third-order valence-corrected chi connectivity index (χ3v) is 1.67. The fraction of sp³-hybridized carbons (Fsp3) is 0.750. The molecule has 1 fully saturated rings. The Balaban J connectivity index is 2.36. The highest BCUT2D eigenvalue weighted by Gasteiger charge is 2.17. The van der Waals surface area contributed by atoms with Gasteiger partial charge in [0.1, 0.15) is 0 Å². The minimum atomic E-state index is 0.477. The van der Waals surface area contributed by atoms with E-state index in [0.29, 0.717) is 6.04 Å². The van der Waals surface area contributed by atoms with E-state index in [1.54, 1.807) is 0 Å². The zero-order valence-electron chi connectivity index (χ0n) is 6.07. The molecule has 1 heterocycles. The van der Waals surface area contributed by atoms with Gasteiger partial charge in [0.2, 0.25) is 0 Å². The van der Waals surface area contributed by atoms with E-state index in [4.69, 9.17) is 0 Å². The van der Waals surface area contributed by atoms with Crippen LogP contribution in [0, 0.1) is 17.8 Å². The molecular formula is C8H13N. The highest BCUT2D eigenvalue weighted by molar-refractivity contribution is 5.08. The molecule has 1 rings (SSSR count). The lowest BCUT2D eigenvalue weighted by atomic mass is 10.1. The first-order valence-corrected chi connectivity index (χ1v) is 3.48. The molecule has 1 nitrogen and oxygen atoms in total. The summed E-state index contributed by atoms with van der Waals surface area (Å²) < 4.78 is 0. The monoisotopic (exact) mass is 123 g/mol. The summed E-state index contributed by atoms with van der Waals surface area (Å²) in [5.41, 5.74) is 0. The summed E-state index contributed by atoms with van der Waals surface area (Å²) in [6.45, 7) is 5.29. The lowest BCUT2D eigenvalue weighted by molar-refractivity contribution is 0.644. The zero-order chi connectivity index (χ0) is 6.69. The van der Waals surface area contributed by atoms with Crippen molar-refractivity contribution >= 4 is 0 Å². The molecule has 0 amide bonds. The normalized spacial score (nSPS) is 33.6. The van der Waals surface area contributed by atoms with Crippen molar-refractivity contribution in [1.82, 2.24) is 5.32 Å². The van der Waals surface area contributed by atoms with Gasteiger partial charge in [0, 0.05) is 0 Å². The highest BCUT2D eigenvalue weighted by Crippen LogP contribution is 2.11. The van der Waals surface area contributed by atoms with Gasteiger partial charge in [-0.2, -0.15) is 0 Å². The van der Waals surface area contributed by atoms with E-state index in [1.165, 1.54) is 6.42 Å². The quantitative estimate of drug-likeness (QED) is 0.474. The number of hydrogen-bond acceptors (Lipinski definition) is 1. The molecule has 0 bridgehead atoms. The maximum Gasteiger partial charge on any atom is 0.0692 e. The van der Waals surface area contributed by atoms with Gasteiger partial charge in [0.15, 0.2) is 0 Å². The Bertz CT molecular complexity index is 140. The molecule has 0 aliphatic carbocycles. The smallest absolute Gasteiger partial charge is 0.0692 e. The molecule has 0 aromatic carbocycles. The minimum Gasteiger partial charge on any atom is -0.303 e. The third kappa shape index (κ3) is 1.73. The SMILES string of the molecule is CC#C[C@H]1C[C@@H](C)CN1. The van der Waals surface area contributed by atoms with Gasteiger partial charge in [-0.05, 0) is 25.8 Å². The van der Waals surface area contributed by atoms with Crippen molar-refractivity contribution in [3.8, 4) is 11.8 Å². The van der Waals surface area contributed by atoms with E-state index in [9.17, 15) is 0 Å². The van der Waals surface area contributed by atoms with E-state index < -0.39 is 0 Å². The summed E-state index contributed by atoms with van der Waals surface area (Å²) in [5, 5.41) is 3.33. The minimum absolute atomic E-state index is 0.477. The second-order valence-corrected chi connectivity index (χ2v) is 2.70. The first kappa shape index (κ1) is 6.64. The van der Waals surface area contributed by atoms with Crippen LogP contribution < -0.4 is 5.32 Å². The molecule has 9 heavy (non-hydrogen) atoms. The van der Waals surface area contributed by atoms with Gasteiger partial charge >= 0.3 is 0 Å². The Morgan fingerprint density at radius 2 is 2.33 bits per heavy atom. The summed E-state index contributed by atoms with van der Waals surface area (Å²) in [5.74, 6) is 6.85. The average molecular weight is 123 g/mol. The van der Waals surface area contributed by atoms with Crippen molar-refractivity contribution in [2.75, 3.05) is 6.54 Å². The topological polar surface area (TPSA) is 12.0 Å². The van der Waals surface area contributed by atoms with Crippen LogP contribution in [0.25, 0.3) is 0 Å². The van der Waals surface area contributed by atoms with E-state index in [2.05, 4.69) is 24.1 Å². The summed E-state index contributed by atoms with van der Waals surface area (Å²) in [7, 11) is 0. The Hall–Kier alpha value is -0.480. The zero-order valence-corrected chi connectivity index (χ0v) is 6.07. The van der Waals surface area contributed by atoms with Gasteiger partial charge in [-0.25, -0.2) is 0 Å². The lowest BCUT2D eigenvalue weighted by Gasteiger charge is -1.96. The van der Waals surface area contributed by atoms with E-state index in [1.807, 2.05) is 6.92 Å². The lowest BCUT2D eigenvalue weighted by Crippen LogP contribution is -2.18. The van der Waals surface area contributed by atoms with Crippen LogP contribution in [0.3, 0.4) is 0 Å². The molecule has 0 spiro atoms. The largest absolute Gasteiger partial charge is 0.303 e. The second kappa shape index (κ2) is 2.89. The van der Waals surface area contributed by atoms with Gasteiger partial charge in [-0.3, -0.25) is 0 Å². The average Bonchev–Trinajstić information content (AvgIpc) is 2.17. The predicted molar refractivity (Wildman–Crippen MR) is 39.0 cm³/mol. The van der Waals surface area contributed by atoms with Crippen LogP contribution in [0.15, 0.2) is 0 Å². The Morgan fingerprint density at radius 1 is 1.56 bits per heavy atom. The number of nitrogens with one attached hydrogen (secondary N) is 1. The van der Waals surface area contributed by atoms with Gasteiger partial charge in [0.25, 0.3) is 0 Å². The Kier molecular flexibility index (Phi) is 2.13. The molecule has 50 valence electrons. The van der Waals surface area contributed by atoms with E-state index in [0.717, 1.165) is 12.5 Å². The Labute approximate surface area is 56.8 Å². The second-order valence-electron chi connectivity index (χ2n) is 2.70. The summed E-state index contributed by atoms with van der Waals surface area (Å²) in [4.78, 5) is 0. The van der Waals surface area contributed by atoms with Crippen molar-refractivity contribution in [2.45, 2.75) is 26.3 Å². The fourth-order valence-electron chi connectivity index (χ4n) is 1.20. The van der Waals surface area contributed by atoms with Crippen molar-refractivity contribution in [2.24, 2.45) is 5.92 Å². The van der Waals surface area contributed by atoms with Gasteiger partial charge in [-0.15, -0.1) is 5.92 Å². The first-order valence-electron chi connectivity index (χ1n) is 3.48. The van der Waals surface area contributed by atoms with Crippen molar-refractivity contribution in [3.63, 3.8) is 0 Å². The molecule has 0 aromatic rings. The van der Waals surface area contributed by atoms with Gasteiger partial charge in [-0.1, -0.05) is 12.8 Å². The molecule has 1 heteroatoms. The first-order chi connectivity index (χ1) is 4.33. The molecule has 0 unspecified atom stereocenters. The molecule has 0 saturated carbocycles. The standard InChI is InChI=1S/C8H13N/c1-3-4-8-5-7(2)6-9-8/h7-9H,5-6H2,1-2H3/t7-,8+/m1/s1. The third-order valence-electron chi connectivity index (χ3n) is 1.67. The molecular weight excluding hydrogens is 110 g/mol. The van der Waals surface area contributed by atoms with Crippen LogP contribution in [0.1, 0.15) is 20.3 Å². The number of rotatable bonds is 0. The molecule has 2 atom stereocenters. The van der Waals surface area contributed by atoms with E-state index >= 15 is 0 Å². The molecule has 0 aromatic heterocycles. The van der Waals surface area contributed by atoms with Crippen molar-refractivity contribution < 1.29 is 0 Å². The maximum absolute atomic E-state index is 3.33. The van der Waals surface area contributed by atoms with Crippen LogP contribution in [-0.2, 0) is 0 Å². The summed E-state index contributed by atoms with van der Waals surface area (Å²) in [6.07, 6.45) is 1.22. The van der Waals surface area contributed by atoms with Crippen LogP contribution in [0.4, 0.5) is 0 Å². The van der Waals surface area contributed by atoms with Crippen molar-refractivity contribution in [3.05, 3.63) is 0 Å². The molecule has 1 saturated heterocycles. The fourth-order valence-corrected chi connectivity index (χ4v) is 1.20. The van der Waals surface area contributed by atoms with E-state index in [-0.39, 0.29) is 0 Å². The number of hydrogen-bond donors (Lipinski definition) is 1. The van der Waals surface area contributed by atoms with Crippen LogP contribution in [0.2, 0.25) is 0 Å². The van der Waals surface area contributed by atoms with Crippen LogP contribution in [0.5, 0.6) is 0 Å². The van der Waals surface area contributed by atoms with Crippen molar-refractivity contribution in [1.29, 1.82) is 0 Å².